The lowest BCUT2D eigenvalue weighted by Gasteiger charge is -2.19. The van der Waals surface area contributed by atoms with Gasteiger partial charge in [0.15, 0.2) is 0 Å². The van der Waals surface area contributed by atoms with E-state index in [-0.39, 0.29) is 0 Å². The van der Waals surface area contributed by atoms with Crippen LogP contribution in [0.5, 0.6) is 0 Å². The fourth-order valence-corrected chi connectivity index (χ4v) is 2.04. The van der Waals surface area contributed by atoms with Crippen molar-refractivity contribution in [3.05, 3.63) is 29.6 Å². The van der Waals surface area contributed by atoms with Crippen LogP contribution < -0.4 is 4.89 Å². The monoisotopic (exact) mass is 291 g/mol. The minimum atomic E-state index is -4.07. The lowest BCUT2D eigenvalue weighted by molar-refractivity contribution is -0.0357. The maximum atomic E-state index is 13.2. The SMILES string of the molecule is CC(C)(C)ONS(=O)(=O)c1ccc(F)c(C(=O)O)c1. The summed E-state index contributed by atoms with van der Waals surface area (Å²) in [6.07, 6.45) is 0. The van der Waals surface area contributed by atoms with E-state index in [1.165, 1.54) is 0 Å². The van der Waals surface area contributed by atoms with Crippen molar-refractivity contribution in [2.24, 2.45) is 0 Å². The van der Waals surface area contributed by atoms with Crippen molar-refractivity contribution in [3.63, 3.8) is 0 Å². The average Bonchev–Trinajstić information content (AvgIpc) is 2.25. The summed E-state index contributed by atoms with van der Waals surface area (Å²) in [5.74, 6) is -2.56. The van der Waals surface area contributed by atoms with Crippen molar-refractivity contribution in [3.8, 4) is 0 Å². The second-order valence-electron chi connectivity index (χ2n) is 4.75. The van der Waals surface area contributed by atoms with Crippen LogP contribution in [0.1, 0.15) is 31.1 Å². The molecule has 2 N–H and O–H groups in total. The summed E-state index contributed by atoms with van der Waals surface area (Å²) in [4.78, 5) is 17.1. The molecule has 0 unspecified atom stereocenters. The van der Waals surface area contributed by atoms with Crippen molar-refractivity contribution in [2.75, 3.05) is 0 Å². The number of hydrogen-bond donors (Lipinski definition) is 2. The molecule has 0 radical (unpaired) electrons. The summed E-state index contributed by atoms with van der Waals surface area (Å²) in [5, 5.41) is 8.73. The summed E-state index contributed by atoms with van der Waals surface area (Å²) in [7, 11) is -4.07. The van der Waals surface area contributed by atoms with Gasteiger partial charge in [-0.1, -0.05) is 4.89 Å². The molecule has 6 nitrogen and oxygen atoms in total. The summed E-state index contributed by atoms with van der Waals surface area (Å²) < 4.78 is 36.8. The van der Waals surface area contributed by atoms with Crippen LogP contribution in [0.4, 0.5) is 4.39 Å². The van der Waals surface area contributed by atoms with Gasteiger partial charge in [0.1, 0.15) is 5.82 Å². The fraction of sp³-hybridized carbons (Fsp3) is 0.364. The van der Waals surface area contributed by atoms with E-state index in [0.717, 1.165) is 18.2 Å². The van der Waals surface area contributed by atoms with Crippen molar-refractivity contribution in [1.82, 2.24) is 4.89 Å². The van der Waals surface area contributed by atoms with Crippen molar-refractivity contribution < 1.29 is 27.5 Å². The molecule has 0 aliphatic heterocycles. The smallest absolute Gasteiger partial charge is 0.338 e. The van der Waals surface area contributed by atoms with E-state index in [9.17, 15) is 17.6 Å². The zero-order valence-electron chi connectivity index (χ0n) is 10.6. The first-order valence-corrected chi connectivity index (χ1v) is 6.74. The topological polar surface area (TPSA) is 92.7 Å². The van der Waals surface area contributed by atoms with Crippen LogP contribution in [0.15, 0.2) is 23.1 Å². The van der Waals surface area contributed by atoms with Gasteiger partial charge in [-0.3, -0.25) is 4.84 Å². The molecule has 0 aromatic heterocycles. The van der Waals surface area contributed by atoms with Crippen LogP contribution in [0.25, 0.3) is 0 Å². The number of sulfonamides is 1. The molecule has 0 amide bonds. The highest BCUT2D eigenvalue weighted by atomic mass is 32.2. The first-order valence-electron chi connectivity index (χ1n) is 5.25. The predicted molar refractivity (Wildman–Crippen MR) is 64.5 cm³/mol. The summed E-state index contributed by atoms with van der Waals surface area (Å²) in [6, 6.07) is 2.46. The molecule has 0 aliphatic carbocycles. The van der Waals surface area contributed by atoms with E-state index in [4.69, 9.17) is 9.94 Å². The fourth-order valence-electron chi connectivity index (χ4n) is 1.06. The lowest BCUT2D eigenvalue weighted by Crippen LogP contribution is -2.33. The Balaban J connectivity index is 3.09. The van der Waals surface area contributed by atoms with Crippen LogP contribution >= 0.6 is 0 Å². The highest BCUT2D eigenvalue weighted by molar-refractivity contribution is 7.89. The molecule has 19 heavy (non-hydrogen) atoms. The number of hydrogen-bond acceptors (Lipinski definition) is 4. The third-order valence-electron chi connectivity index (χ3n) is 1.94. The average molecular weight is 291 g/mol. The summed E-state index contributed by atoms with van der Waals surface area (Å²) in [5.41, 5.74) is -1.48. The Bertz CT molecular complexity index is 592. The molecule has 106 valence electrons. The first kappa shape index (κ1) is 15.5. The van der Waals surface area contributed by atoms with Gasteiger partial charge >= 0.3 is 5.97 Å². The van der Waals surface area contributed by atoms with Gasteiger partial charge in [-0.25, -0.2) is 17.6 Å². The molecule has 0 heterocycles. The van der Waals surface area contributed by atoms with Crippen LogP contribution in [0, 0.1) is 5.82 Å². The molecular formula is C11H14FNO5S. The van der Waals surface area contributed by atoms with Crippen LogP contribution in [-0.2, 0) is 14.9 Å². The zero-order valence-corrected chi connectivity index (χ0v) is 11.4. The molecule has 8 heteroatoms. The van der Waals surface area contributed by atoms with E-state index in [1.807, 2.05) is 4.89 Å². The molecule has 0 atom stereocenters. The molecule has 1 rings (SSSR count). The molecule has 0 bridgehead atoms. The van der Waals surface area contributed by atoms with Crippen molar-refractivity contribution in [1.29, 1.82) is 0 Å². The molecular weight excluding hydrogens is 277 g/mol. The first-order chi connectivity index (χ1) is 8.53. The van der Waals surface area contributed by atoms with Crippen molar-refractivity contribution in [2.45, 2.75) is 31.3 Å². The molecule has 0 spiro atoms. The number of halogens is 1. The standard InChI is InChI=1S/C11H14FNO5S/c1-11(2,3)18-13-19(16,17)7-4-5-9(12)8(6-7)10(14)15/h4-6,13H,1-3H3,(H,14,15). The number of aromatic carboxylic acids is 1. The number of carboxylic acid groups (broad SMARTS) is 1. The zero-order chi connectivity index (χ0) is 14.8. The summed E-state index contributed by atoms with van der Waals surface area (Å²) >= 11 is 0. The molecule has 0 saturated heterocycles. The van der Waals surface area contributed by atoms with E-state index in [2.05, 4.69) is 0 Å². The second kappa shape index (κ2) is 5.24. The maximum Gasteiger partial charge on any atom is 0.338 e. The Morgan fingerprint density at radius 2 is 1.95 bits per heavy atom. The third-order valence-corrected chi connectivity index (χ3v) is 3.11. The van der Waals surface area contributed by atoms with Gasteiger partial charge in [-0.2, -0.15) is 0 Å². The number of rotatable bonds is 4. The largest absolute Gasteiger partial charge is 0.478 e. The van der Waals surface area contributed by atoms with Crippen LogP contribution in [0.2, 0.25) is 0 Å². The van der Waals surface area contributed by atoms with E-state index in [1.54, 1.807) is 20.8 Å². The van der Waals surface area contributed by atoms with Gasteiger partial charge in [-0.15, -0.1) is 0 Å². The number of nitrogens with one attached hydrogen (secondary N) is 1. The van der Waals surface area contributed by atoms with Gasteiger partial charge < -0.3 is 5.11 Å². The molecule has 1 aromatic carbocycles. The summed E-state index contributed by atoms with van der Waals surface area (Å²) in [6.45, 7) is 4.88. The highest BCUT2D eigenvalue weighted by Crippen LogP contribution is 2.16. The Labute approximate surface area is 110 Å². The van der Waals surface area contributed by atoms with Gasteiger partial charge in [-0.05, 0) is 39.0 Å². The van der Waals surface area contributed by atoms with Gasteiger partial charge in [0.2, 0.25) is 0 Å². The van der Waals surface area contributed by atoms with E-state index in [0.29, 0.717) is 0 Å². The molecule has 0 aliphatic rings. The molecule has 0 fully saturated rings. The Morgan fingerprint density at radius 1 is 1.37 bits per heavy atom. The number of benzene rings is 1. The molecule has 1 aromatic rings. The Hall–Kier alpha value is -1.51. The lowest BCUT2D eigenvalue weighted by atomic mass is 10.2. The maximum absolute atomic E-state index is 13.2. The van der Waals surface area contributed by atoms with Gasteiger partial charge in [0.05, 0.1) is 16.1 Å². The number of carbonyl (C=O) groups is 1. The highest BCUT2D eigenvalue weighted by Gasteiger charge is 2.22. The predicted octanol–water partition coefficient (Wildman–Crippen LogP) is 1.53. The Morgan fingerprint density at radius 3 is 2.42 bits per heavy atom. The van der Waals surface area contributed by atoms with Crippen LogP contribution in [0.3, 0.4) is 0 Å². The van der Waals surface area contributed by atoms with Crippen LogP contribution in [-0.4, -0.2) is 25.1 Å². The quantitative estimate of drug-likeness (QED) is 0.821. The minimum Gasteiger partial charge on any atom is -0.478 e. The minimum absolute atomic E-state index is 0.393. The van der Waals surface area contributed by atoms with Crippen molar-refractivity contribution >= 4 is 16.0 Å². The van der Waals surface area contributed by atoms with Gasteiger partial charge in [0, 0.05) is 0 Å². The second-order valence-corrected chi connectivity index (χ2v) is 6.39. The molecule has 0 saturated carbocycles. The third kappa shape index (κ3) is 4.27. The number of carboxylic acids is 1. The van der Waals surface area contributed by atoms with Gasteiger partial charge in [0.25, 0.3) is 10.0 Å². The normalized spacial score (nSPS) is 12.4. The van der Waals surface area contributed by atoms with E-state index < -0.39 is 37.9 Å². The van der Waals surface area contributed by atoms with E-state index >= 15 is 0 Å². The Kier molecular flexibility index (Phi) is 4.28.